The van der Waals surface area contributed by atoms with Crippen molar-refractivity contribution in [3.05, 3.63) is 35.4 Å². The Balaban J connectivity index is 1.98. The van der Waals surface area contributed by atoms with Crippen LogP contribution in [-0.4, -0.2) is 42.9 Å². The standard InChI is InChI=1S/C15H21N3O2/c1-18-10-13(5-6-14(18)19)17-15(20)12-4-2-3-11(9-12)7-8-16/h2-4,9,13H,5-8,10,16H2,1H3,(H,17,20). The fraction of sp³-hybridized carbons (Fsp3) is 0.467. The zero-order valence-corrected chi connectivity index (χ0v) is 11.8. The molecule has 0 spiro atoms. The zero-order valence-electron chi connectivity index (χ0n) is 11.8. The second-order valence-corrected chi connectivity index (χ2v) is 5.22. The number of benzene rings is 1. The van der Waals surface area contributed by atoms with Gasteiger partial charge in [-0.15, -0.1) is 0 Å². The summed E-state index contributed by atoms with van der Waals surface area (Å²) in [6, 6.07) is 7.54. The van der Waals surface area contributed by atoms with Crippen molar-refractivity contribution in [3.63, 3.8) is 0 Å². The van der Waals surface area contributed by atoms with Crippen LogP contribution >= 0.6 is 0 Å². The van der Waals surface area contributed by atoms with Crippen LogP contribution in [0.4, 0.5) is 0 Å². The monoisotopic (exact) mass is 275 g/mol. The molecule has 0 aromatic heterocycles. The average molecular weight is 275 g/mol. The molecular weight excluding hydrogens is 254 g/mol. The van der Waals surface area contributed by atoms with Crippen LogP contribution in [-0.2, 0) is 11.2 Å². The van der Waals surface area contributed by atoms with Gasteiger partial charge in [0.1, 0.15) is 0 Å². The van der Waals surface area contributed by atoms with Gasteiger partial charge in [-0.1, -0.05) is 12.1 Å². The number of likely N-dealkylation sites (tertiary alicyclic amines) is 1. The molecule has 1 saturated heterocycles. The predicted molar refractivity (Wildman–Crippen MR) is 77.3 cm³/mol. The van der Waals surface area contributed by atoms with E-state index >= 15 is 0 Å². The highest BCUT2D eigenvalue weighted by molar-refractivity contribution is 5.94. The molecule has 0 aliphatic carbocycles. The van der Waals surface area contributed by atoms with Gasteiger partial charge in [-0.2, -0.15) is 0 Å². The first-order valence-corrected chi connectivity index (χ1v) is 6.94. The molecule has 1 aliphatic heterocycles. The van der Waals surface area contributed by atoms with E-state index in [1.54, 1.807) is 18.0 Å². The van der Waals surface area contributed by atoms with Crippen molar-refractivity contribution in [1.82, 2.24) is 10.2 Å². The maximum atomic E-state index is 12.2. The van der Waals surface area contributed by atoms with E-state index in [-0.39, 0.29) is 17.9 Å². The Labute approximate surface area is 119 Å². The van der Waals surface area contributed by atoms with Crippen LogP contribution < -0.4 is 11.1 Å². The molecule has 1 unspecified atom stereocenters. The molecule has 1 aromatic carbocycles. The lowest BCUT2D eigenvalue weighted by Gasteiger charge is -2.30. The summed E-state index contributed by atoms with van der Waals surface area (Å²) in [7, 11) is 1.77. The van der Waals surface area contributed by atoms with E-state index in [0.29, 0.717) is 31.5 Å². The van der Waals surface area contributed by atoms with Crippen LogP contribution in [0.15, 0.2) is 24.3 Å². The van der Waals surface area contributed by atoms with Gasteiger partial charge in [-0.05, 0) is 37.1 Å². The first kappa shape index (κ1) is 14.5. The third-order valence-electron chi connectivity index (χ3n) is 3.58. The molecule has 2 amide bonds. The molecule has 1 fully saturated rings. The Morgan fingerprint density at radius 3 is 3.00 bits per heavy atom. The second kappa shape index (κ2) is 6.52. The molecule has 1 aliphatic rings. The topological polar surface area (TPSA) is 75.4 Å². The highest BCUT2D eigenvalue weighted by Crippen LogP contribution is 2.11. The third kappa shape index (κ3) is 3.57. The summed E-state index contributed by atoms with van der Waals surface area (Å²) in [5.74, 6) is 0.0528. The van der Waals surface area contributed by atoms with E-state index in [1.165, 1.54) is 0 Å². The summed E-state index contributed by atoms with van der Waals surface area (Å²) in [6.45, 7) is 1.15. The maximum Gasteiger partial charge on any atom is 0.251 e. The molecule has 20 heavy (non-hydrogen) atoms. The summed E-state index contributed by atoms with van der Waals surface area (Å²) in [4.78, 5) is 25.3. The van der Waals surface area contributed by atoms with E-state index in [1.807, 2.05) is 18.2 Å². The Morgan fingerprint density at radius 1 is 1.50 bits per heavy atom. The van der Waals surface area contributed by atoms with Crippen LogP contribution in [0.25, 0.3) is 0 Å². The maximum absolute atomic E-state index is 12.2. The van der Waals surface area contributed by atoms with Crippen molar-refractivity contribution in [3.8, 4) is 0 Å². The molecule has 1 aromatic rings. The average Bonchev–Trinajstić information content (AvgIpc) is 2.43. The normalized spacial score (nSPS) is 19.0. The number of likely N-dealkylation sites (N-methyl/N-ethyl adjacent to an activating group) is 1. The van der Waals surface area contributed by atoms with Gasteiger partial charge in [0, 0.05) is 31.6 Å². The number of nitrogens with two attached hydrogens (primary N) is 1. The molecule has 0 bridgehead atoms. The molecule has 5 heteroatoms. The minimum atomic E-state index is -0.0865. The molecule has 0 saturated carbocycles. The lowest BCUT2D eigenvalue weighted by molar-refractivity contribution is -0.132. The van der Waals surface area contributed by atoms with Gasteiger partial charge in [0.25, 0.3) is 5.91 Å². The number of nitrogens with one attached hydrogen (secondary N) is 1. The Bertz CT molecular complexity index is 502. The quantitative estimate of drug-likeness (QED) is 0.842. The summed E-state index contributed by atoms with van der Waals surface area (Å²) in [6.07, 6.45) is 1.97. The van der Waals surface area contributed by atoms with E-state index in [2.05, 4.69) is 5.32 Å². The van der Waals surface area contributed by atoms with Gasteiger partial charge in [0.15, 0.2) is 0 Å². The first-order chi connectivity index (χ1) is 9.60. The molecule has 2 rings (SSSR count). The molecule has 5 nitrogen and oxygen atoms in total. The van der Waals surface area contributed by atoms with Crippen LogP contribution in [0.5, 0.6) is 0 Å². The largest absolute Gasteiger partial charge is 0.348 e. The van der Waals surface area contributed by atoms with Gasteiger partial charge >= 0.3 is 0 Å². The van der Waals surface area contributed by atoms with Gasteiger partial charge in [-0.25, -0.2) is 0 Å². The van der Waals surface area contributed by atoms with E-state index in [0.717, 1.165) is 12.0 Å². The molecule has 1 heterocycles. The SMILES string of the molecule is CN1CC(NC(=O)c2cccc(CCN)c2)CCC1=O. The number of rotatable bonds is 4. The lowest BCUT2D eigenvalue weighted by atomic mass is 10.0. The van der Waals surface area contributed by atoms with Gasteiger partial charge in [0.05, 0.1) is 0 Å². The fourth-order valence-electron chi connectivity index (χ4n) is 2.43. The van der Waals surface area contributed by atoms with E-state index in [9.17, 15) is 9.59 Å². The number of nitrogens with zero attached hydrogens (tertiary/aromatic N) is 1. The van der Waals surface area contributed by atoms with Crippen molar-refractivity contribution >= 4 is 11.8 Å². The number of piperidine rings is 1. The van der Waals surface area contributed by atoms with Crippen molar-refractivity contribution in [2.24, 2.45) is 5.73 Å². The zero-order chi connectivity index (χ0) is 14.5. The van der Waals surface area contributed by atoms with Gasteiger partial charge in [0.2, 0.25) is 5.91 Å². The highest BCUT2D eigenvalue weighted by atomic mass is 16.2. The van der Waals surface area contributed by atoms with Crippen LogP contribution in [0, 0.1) is 0 Å². The summed E-state index contributed by atoms with van der Waals surface area (Å²) in [5, 5.41) is 2.99. The lowest BCUT2D eigenvalue weighted by Crippen LogP contribution is -2.48. The van der Waals surface area contributed by atoms with E-state index in [4.69, 9.17) is 5.73 Å². The number of hydrogen-bond donors (Lipinski definition) is 2. The van der Waals surface area contributed by atoms with Crippen molar-refractivity contribution < 1.29 is 9.59 Å². The molecule has 108 valence electrons. The minimum Gasteiger partial charge on any atom is -0.348 e. The predicted octanol–water partition coefficient (Wildman–Crippen LogP) is 0.538. The van der Waals surface area contributed by atoms with Crippen LogP contribution in [0.3, 0.4) is 0 Å². The smallest absolute Gasteiger partial charge is 0.251 e. The number of hydrogen-bond acceptors (Lipinski definition) is 3. The minimum absolute atomic E-state index is 0.0309. The van der Waals surface area contributed by atoms with Gasteiger partial charge < -0.3 is 16.0 Å². The Morgan fingerprint density at radius 2 is 2.30 bits per heavy atom. The number of carbonyl (C=O) groups is 2. The van der Waals surface area contributed by atoms with Crippen molar-refractivity contribution in [1.29, 1.82) is 0 Å². The Hall–Kier alpha value is -1.88. The van der Waals surface area contributed by atoms with Crippen molar-refractivity contribution in [2.75, 3.05) is 20.1 Å². The highest BCUT2D eigenvalue weighted by Gasteiger charge is 2.24. The summed E-state index contributed by atoms with van der Waals surface area (Å²) >= 11 is 0. The van der Waals surface area contributed by atoms with E-state index < -0.39 is 0 Å². The fourth-order valence-corrected chi connectivity index (χ4v) is 2.43. The number of amides is 2. The van der Waals surface area contributed by atoms with Crippen molar-refractivity contribution in [2.45, 2.75) is 25.3 Å². The molecular formula is C15H21N3O2. The molecule has 0 radical (unpaired) electrons. The Kier molecular flexibility index (Phi) is 4.74. The summed E-state index contributed by atoms with van der Waals surface area (Å²) < 4.78 is 0. The van der Waals surface area contributed by atoms with Gasteiger partial charge in [-0.3, -0.25) is 9.59 Å². The van der Waals surface area contributed by atoms with Crippen LogP contribution in [0.1, 0.15) is 28.8 Å². The first-order valence-electron chi connectivity index (χ1n) is 6.94. The van der Waals surface area contributed by atoms with Crippen LogP contribution in [0.2, 0.25) is 0 Å². The number of carbonyl (C=O) groups excluding carboxylic acids is 2. The third-order valence-corrected chi connectivity index (χ3v) is 3.58. The molecule has 3 N–H and O–H groups in total. The second-order valence-electron chi connectivity index (χ2n) is 5.22. The molecule has 1 atom stereocenters. The summed E-state index contributed by atoms with van der Waals surface area (Å²) in [5.41, 5.74) is 7.24.